The van der Waals surface area contributed by atoms with Gasteiger partial charge in [0.15, 0.2) is 0 Å². The van der Waals surface area contributed by atoms with Crippen molar-refractivity contribution in [3.63, 3.8) is 0 Å². The van der Waals surface area contributed by atoms with Gasteiger partial charge in [-0.15, -0.1) is 0 Å². The van der Waals surface area contributed by atoms with Gasteiger partial charge >= 0.3 is 0 Å². The first-order valence-corrected chi connectivity index (χ1v) is 8.33. The van der Waals surface area contributed by atoms with Crippen LogP contribution in [0.15, 0.2) is 41.4 Å². The first-order valence-electron chi connectivity index (χ1n) is 6.47. The Kier molecular flexibility index (Phi) is 5.50. The second-order valence-corrected chi connectivity index (χ2v) is 6.62. The SMILES string of the molecule is N#Cc1ccc(NCCNS(=O)(=O)c2ccc(F)c(Cl)c2)nc1. The number of sulfonamides is 1. The van der Waals surface area contributed by atoms with Crippen LogP contribution in [0.3, 0.4) is 0 Å². The Bertz CT molecular complexity index is 835. The molecule has 6 nitrogen and oxygen atoms in total. The standard InChI is InChI=1S/C14H12ClFN4O2S/c15-12-7-11(2-3-13(12)16)23(21,22)20-6-5-18-14-4-1-10(8-17)9-19-14/h1-4,7,9,20H,5-6H2,(H,18,19). The number of aromatic nitrogens is 1. The number of nitrogens with zero attached hydrogens (tertiary/aromatic N) is 2. The third-order valence-corrected chi connectivity index (χ3v) is 4.57. The van der Waals surface area contributed by atoms with Crippen LogP contribution in [0.2, 0.25) is 5.02 Å². The Balaban J connectivity index is 1.89. The van der Waals surface area contributed by atoms with E-state index in [0.29, 0.717) is 11.4 Å². The van der Waals surface area contributed by atoms with Crippen LogP contribution >= 0.6 is 11.6 Å². The minimum atomic E-state index is -3.77. The predicted octanol–water partition coefficient (Wildman–Crippen LogP) is 2.14. The van der Waals surface area contributed by atoms with Gasteiger partial charge in [-0.3, -0.25) is 0 Å². The number of halogens is 2. The van der Waals surface area contributed by atoms with Crippen molar-refractivity contribution in [2.24, 2.45) is 0 Å². The van der Waals surface area contributed by atoms with E-state index in [1.807, 2.05) is 6.07 Å². The van der Waals surface area contributed by atoms with Crippen molar-refractivity contribution in [1.29, 1.82) is 5.26 Å². The lowest BCUT2D eigenvalue weighted by Gasteiger charge is -2.09. The van der Waals surface area contributed by atoms with Gasteiger partial charge in [0.25, 0.3) is 0 Å². The van der Waals surface area contributed by atoms with Crippen LogP contribution in [0.4, 0.5) is 10.2 Å². The van der Waals surface area contributed by atoms with Gasteiger partial charge in [-0.25, -0.2) is 22.5 Å². The summed E-state index contributed by atoms with van der Waals surface area (Å²) in [6.45, 7) is 0.381. The second kappa shape index (κ2) is 7.37. The number of hydrogen-bond acceptors (Lipinski definition) is 5. The fraction of sp³-hybridized carbons (Fsp3) is 0.143. The Morgan fingerprint density at radius 2 is 2.04 bits per heavy atom. The molecule has 0 fully saturated rings. The van der Waals surface area contributed by atoms with E-state index in [4.69, 9.17) is 16.9 Å². The van der Waals surface area contributed by atoms with Crippen LogP contribution in [0, 0.1) is 17.1 Å². The van der Waals surface area contributed by atoms with E-state index in [0.717, 1.165) is 18.2 Å². The summed E-state index contributed by atoms with van der Waals surface area (Å²) in [6.07, 6.45) is 1.41. The van der Waals surface area contributed by atoms with Crippen LogP contribution in [0.5, 0.6) is 0 Å². The summed E-state index contributed by atoms with van der Waals surface area (Å²) in [7, 11) is -3.77. The Morgan fingerprint density at radius 1 is 1.26 bits per heavy atom. The van der Waals surface area contributed by atoms with E-state index < -0.39 is 15.8 Å². The monoisotopic (exact) mass is 354 g/mol. The minimum absolute atomic E-state index is 0.0962. The number of anilines is 1. The van der Waals surface area contributed by atoms with Gasteiger partial charge in [-0.05, 0) is 30.3 Å². The van der Waals surface area contributed by atoms with Gasteiger partial charge in [0.1, 0.15) is 17.7 Å². The molecule has 2 rings (SSSR count). The van der Waals surface area contributed by atoms with Gasteiger partial charge in [-0.1, -0.05) is 11.6 Å². The maximum absolute atomic E-state index is 13.1. The summed E-state index contributed by atoms with van der Waals surface area (Å²) >= 11 is 5.58. The number of rotatable bonds is 6. The molecule has 120 valence electrons. The largest absolute Gasteiger partial charge is 0.369 e. The lowest BCUT2D eigenvalue weighted by Crippen LogP contribution is -2.29. The summed E-state index contributed by atoms with van der Waals surface area (Å²) in [5.41, 5.74) is 0.435. The molecule has 0 saturated carbocycles. The first kappa shape index (κ1) is 17.1. The zero-order valence-electron chi connectivity index (χ0n) is 11.8. The Morgan fingerprint density at radius 3 is 2.65 bits per heavy atom. The molecule has 1 heterocycles. The first-order chi connectivity index (χ1) is 10.9. The highest BCUT2D eigenvalue weighted by Crippen LogP contribution is 2.19. The normalized spacial score (nSPS) is 11.0. The summed E-state index contributed by atoms with van der Waals surface area (Å²) in [4.78, 5) is 3.88. The van der Waals surface area contributed by atoms with E-state index in [1.54, 1.807) is 12.1 Å². The molecule has 1 aromatic heterocycles. The quantitative estimate of drug-likeness (QED) is 0.775. The molecule has 0 atom stereocenters. The topological polar surface area (TPSA) is 94.9 Å². The summed E-state index contributed by atoms with van der Waals surface area (Å²) in [5.74, 6) is -0.160. The summed E-state index contributed by atoms with van der Waals surface area (Å²) in [5, 5.41) is 11.3. The van der Waals surface area contributed by atoms with E-state index >= 15 is 0 Å². The van der Waals surface area contributed by atoms with Crippen LogP contribution in [0.25, 0.3) is 0 Å². The molecule has 0 amide bonds. The average Bonchev–Trinajstić information content (AvgIpc) is 2.54. The number of hydrogen-bond donors (Lipinski definition) is 2. The van der Waals surface area contributed by atoms with E-state index in [-0.39, 0.29) is 23.0 Å². The van der Waals surface area contributed by atoms with Crippen molar-refractivity contribution in [2.45, 2.75) is 4.90 Å². The van der Waals surface area contributed by atoms with E-state index in [9.17, 15) is 12.8 Å². The van der Waals surface area contributed by atoms with Crippen molar-refractivity contribution >= 4 is 27.4 Å². The molecule has 0 bridgehead atoms. The molecular formula is C14H12ClFN4O2S. The molecule has 2 aromatic rings. The summed E-state index contributed by atoms with van der Waals surface area (Å²) < 4.78 is 39.5. The molecule has 0 aliphatic heterocycles. The van der Waals surface area contributed by atoms with Crippen LogP contribution in [-0.2, 0) is 10.0 Å². The summed E-state index contributed by atoms with van der Waals surface area (Å²) in [6, 6.07) is 8.35. The Hall–Kier alpha value is -2.21. The van der Waals surface area contributed by atoms with Crippen molar-refractivity contribution in [3.05, 3.63) is 52.9 Å². The average molecular weight is 355 g/mol. The number of benzene rings is 1. The minimum Gasteiger partial charge on any atom is -0.369 e. The van der Waals surface area contributed by atoms with Crippen LogP contribution in [0.1, 0.15) is 5.56 Å². The molecule has 0 spiro atoms. The van der Waals surface area contributed by atoms with Crippen LogP contribution in [-0.4, -0.2) is 26.5 Å². The zero-order valence-corrected chi connectivity index (χ0v) is 13.3. The van der Waals surface area contributed by atoms with Gasteiger partial charge in [-0.2, -0.15) is 5.26 Å². The van der Waals surface area contributed by atoms with Gasteiger partial charge in [0.05, 0.1) is 15.5 Å². The number of nitriles is 1. The number of nitrogens with one attached hydrogen (secondary N) is 2. The van der Waals surface area contributed by atoms with Gasteiger partial charge < -0.3 is 5.32 Å². The molecular weight excluding hydrogens is 343 g/mol. The smallest absolute Gasteiger partial charge is 0.240 e. The van der Waals surface area contributed by atoms with Crippen LogP contribution < -0.4 is 10.0 Å². The molecule has 23 heavy (non-hydrogen) atoms. The molecule has 0 saturated heterocycles. The van der Waals surface area contributed by atoms with Crippen molar-refractivity contribution in [2.75, 3.05) is 18.4 Å². The predicted molar refractivity (Wildman–Crippen MR) is 84.0 cm³/mol. The molecule has 0 aliphatic rings. The van der Waals surface area contributed by atoms with Gasteiger partial charge in [0.2, 0.25) is 10.0 Å². The molecule has 2 N–H and O–H groups in total. The fourth-order valence-corrected chi connectivity index (χ4v) is 2.97. The highest BCUT2D eigenvalue weighted by atomic mass is 35.5. The molecule has 0 unspecified atom stereocenters. The van der Waals surface area contributed by atoms with Crippen molar-refractivity contribution < 1.29 is 12.8 Å². The van der Waals surface area contributed by atoms with Crippen molar-refractivity contribution in [3.8, 4) is 6.07 Å². The lowest BCUT2D eigenvalue weighted by molar-refractivity contribution is 0.582. The molecule has 9 heteroatoms. The molecule has 0 aliphatic carbocycles. The Labute approximate surface area is 138 Å². The second-order valence-electron chi connectivity index (χ2n) is 4.44. The molecule has 1 aromatic carbocycles. The third kappa shape index (κ3) is 4.63. The van der Waals surface area contributed by atoms with Gasteiger partial charge in [0, 0.05) is 19.3 Å². The zero-order chi connectivity index (χ0) is 16.9. The highest BCUT2D eigenvalue weighted by Gasteiger charge is 2.15. The van der Waals surface area contributed by atoms with E-state index in [2.05, 4.69) is 15.0 Å². The molecule has 0 radical (unpaired) electrons. The lowest BCUT2D eigenvalue weighted by atomic mass is 10.3. The maximum atomic E-state index is 13.1. The maximum Gasteiger partial charge on any atom is 0.240 e. The van der Waals surface area contributed by atoms with Crippen molar-refractivity contribution in [1.82, 2.24) is 9.71 Å². The van der Waals surface area contributed by atoms with E-state index in [1.165, 1.54) is 6.20 Å². The third-order valence-electron chi connectivity index (χ3n) is 2.82. The highest BCUT2D eigenvalue weighted by molar-refractivity contribution is 7.89. The fourth-order valence-electron chi connectivity index (χ4n) is 1.67. The number of pyridine rings is 1.